The number of carbonyl (C=O) groups is 3. The molecule has 2 fully saturated rings. The SMILES string of the molecule is CC(C)(C)c1ccc(NC(=O)N2CC(N3C(=O)CNC3=O)C2)cc1. The van der Waals surface area contributed by atoms with Gasteiger partial charge >= 0.3 is 12.1 Å². The fourth-order valence-electron chi connectivity index (χ4n) is 2.84. The molecule has 0 aliphatic carbocycles. The second kappa shape index (κ2) is 5.81. The number of benzene rings is 1. The summed E-state index contributed by atoms with van der Waals surface area (Å²) in [5.74, 6) is -0.233. The van der Waals surface area contributed by atoms with E-state index in [1.54, 1.807) is 4.90 Å². The van der Waals surface area contributed by atoms with Crippen LogP contribution in [0, 0.1) is 0 Å². The number of hydrogen-bond acceptors (Lipinski definition) is 3. The lowest BCUT2D eigenvalue weighted by Crippen LogP contribution is -2.63. The van der Waals surface area contributed by atoms with Crippen LogP contribution in [0.2, 0.25) is 0 Å². The van der Waals surface area contributed by atoms with E-state index in [0.717, 1.165) is 5.69 Å². The first kappa shape index (κ1) is 16.3. The number of amides is 5. The molecule has 2 saturated heterocycles. The molecule has 128 valence electrons. The Morgan fingerprint density at radius 1 is 1.17 bits per heavy atom. The van der Waals surface area contributed by atoms with Gasteiger partial charge in [-0.15, -0.1) is 0 Å². The summed E-state index contributed by atoms with van der Waals surface area (Å²) in [6.45, 7) is 7.18. The van der Waals surface area contributed by atoms with Gasteiger partial charge in [0.15, 0.2) is 0 Å². The van der Waals surface area contributed by atoms with Gasteiger partial charge in [0, 0.05) is 18.8 Å². The highest BCUT2D eigenvalue weighted by molar-refractivity contribution is 6.02. The van der Waals surface area contributed by atoms with E-state index in [0.29, 0.717) is 13.1 Å². The third kappa shape index (κ3) is 3.06. The molecule has 0 aromatic heterocycles. The van der Waals surface area contributed by atoms with Crippen LogP contribution < -0.4 is 10.6 Å². The van der Waals surface area contributed by atoms with Gasteiger partial charge in [-0.05, 0) is 23.1 Å². The highest BCUT2D eigenvalue weighted by atomic mass is 16.2. The molecule has 7 nitrogen and oxygen atoms in total. The summed E-state index contributed by atoms with van der Waals surface area (Å²) in [7, 11) is 0. The normalized spacial score (nSPS) is 18.5. The highest BCUT2D eigenvalue weighted by Gasteiger charge is 2.42. The molecule has 7 heteroatoms. The zero-order chi connectivity index (χ0) is 17.5. The average molecular weight is 330 g/mol. The van der Waals surface area contributed by atoms with Crippen LogP contribution >= 0.6 is 0 Å². The lowest BCUT2D eigenvalue weighted by atomic mass is 9.87. The number of nitrogens with zero attached hydrogens (tertiary/aromatic N) is 2. The number of rotatable bonds is 2. The number of hydrogen-bond donors (Lipinski definition) is 2. The molecule has 0 saturated carbocycles. The maximum atomic E-state index is 12.2. The molecule has 1 aromatic rings. The van der Waals surface area contributed by atoms with Gasteiger partial charge in [0.2, 0.25) is 5.91 Å². The molecule has 1 aromatic carbocycles. The van der Waals surface area contributed by atoms with Crippen LogP contribution in [0.3, 0.4) is 0 Å². The Labute approximate surface area is 141 Å². The lowest BCUT2D eigenvalue weighted by Gasteiger charge is -2.42. The first-order valence-corrected chi connectivity index (χ1v) is 8.02. The number of nitrogens with one attached hydrogen (secondary N) is 2. The summed E-state index contributed by atoms with van der Waals surface area (Å²) >= 11 is 0. The fraction of sp³-hybridized carbons (Fsp3) is 0.471. The minimum atomic E-state index is -0.372. The Morgan fingerprint density at radius 2 is 1.79 bits per heavy atom. The Balaban J connectivity index is 1.54. The van der Waals surface area contributed by atoms with E-state index in [4.69, 9.17) is 0 Å². The fourth-order valence-corrected chi connectivity index (χ4v) is 2.84. The zero-order valence-electron chi connectivity index (χ0n) is 14.1. The summed E-state index contributed by atoms with van der Waals surface area (Å²) in [6.07, 6.45) is 0. The number of urea groups is 2. The first-order valence-electron chi connectivity index (χ1n) is 8.02. The van der Waals surface area contributed by atoms with Gasteiger partial charge < -0.3 is 15.5 Å². The Bertz CT molecular complexity index is 656. The lowest BCUT2D eigenvalue weighted by molar-refractivity contribution is -0.128. The number of likely N-dealkylation sites (tertiary alicyclic amines) is 1. The standard InChI is InChI=1S/C17H22N4O3/c1-17(2,3)11-4-6-12(7-5-11)19-16(24)20-9-13(10-20)21-14(22)8-18-15(21)23/h4-7,13H,8-10H2,1-3H3,(H,18,23)(H,19,24). The molecule has 2 heterocycles. The van der Waals surface area contributed by atoms with E-state index in [9.17, 15) is 14.4 Å². The third-order valence-electron chi connectivity index (χ3n) is 4.40. The largest absolute Gasteiger partial charge is 0.329 e. The van der Waals surface area contributed by atoms with Crippen molar-refractivity contribution in [2.24, 2.45) is 0 Å². The van der Waals surface area contributed by atoms with Gasteiger partial charge in [-0.2, -0.15) is 0 Å². The molecule has 0 unspecified atom stereocenters. The van der Waals surface area contributed by atoms with E-state index >= 15 is 0 Å². The van der Waals surface area contributed by atoms with Crippen molar-refractivity contribution >= 4 is 23.7 Å². The molecular weight excluding hydrogens is 308 g/mol. The molecule has 5 amide bonds. The second-order valence-corrected chi connectivity index (χ2v) is 7.24. The smallest absolute Gasteiger partial charge is 0.324 e. The predicted molar refractivity (Wildman–Crippen MR) is 89.8 cm³/mol. The molecule has 0 bridgehead atoms. The van der Waals surface area contributed by atoms with Crippen molar-refractivity contribution in [3.05, 3.63) is 29.8 Å². The van der Waals surface area contributed by atoms with Crippen LogP contribution in [0.25, 0.3) is 0 Å². The van der Waals surface area contributed by atoms with Crippen LogP contribution in [-0.2, 0) is 10.2 Å². The van der Waals surface area contributed by atoms with Crippen molar-refractivity contribution in [1.29, 1.82) is 0 Å². The Hall–Kier alpha value is -2.57. The van der Waals surface area contributed by atoms with Crippen molar-refractivity contribution in [2.45, 2.75) is 32.2 Å². The molecule has 3 rings (SSSR count). The van der Waals surface area contributed by atoms with Crippen molar-refractivity contribution in [2.75, 3.05) is 25.0 Å². The molecule has 2 aliphatic rings. The quantitative estimate of drug-likeness (QED) is 0.811. The molecule has 0 spiro atoms. The first-order chi connectivity index (χ1) is 11.3. The van der Waals surface area contributed by atoms with Gasteiger partial charge in [-0.1, -0.05) is 32.9 Å². The zero-order valence-corrected chi connectivity index (χ0v) is 14.1. The van der Waals surface area contributed by atoms with E-state index < -0.39 is 0 Å². The maximum Gasteiger partial charge on any atom is 0.324 e. The summed E-state index contributed by atoms with van der Waals surface area (Å²) in [5, 5.41) is 5.33. The number of imide groups is 1. The van der Waals surface area contributed by atoms with Crippen LogP contribution in [0.5, 0.6) is 0 Å². The Kier molecular flexibility index (Phi) is 3.95. The summed E-state index contributed by atoms with van der Waals surface area (Å²) in [4.78, 5) is 38.2. The molecule has 24 heavy (non-hydrogen) atoms. The predicted octanol–water partition coefficient (Wildman–Crippen LogP) is 1.75. The van der Waals surface area contributed by atoms with Gasteiger partial charge in [0.1, 0.15) is 0 Å². The van der Waals surface area contributed by atoms with Crippen LogP contribution in [-0.4, -0.2) is 53.4 Å². The monoisotopic (exact) mass is 330 g/mol. The Morgan fingerprint density at radius 3 is 2.29 bits per heavy atom. The molecule has 2 aliphatic heterocycles. The van der Waals surface area contributed by atoms with Gasteiger partial charge in [-0.25, -0.2) is 9.59 Å². The van der Waals surface area contributed by atoms with Gasteiger partial charge in [0.05, 0.1) is 12.6 Å². The number of carbonyl (C=O) groups excluding carboxylic acids is 3. The minimum Gasteiger partial charge on any atom is -0.329 e. The summed E-state index contributed by atoms with van der Waals surface area (Å²) in [6, 6.07) is 6.95. The van der Waals surface area contributed by atoms with E-state index in [1.807, 2.05) is 24.3 Å². The van der Waals surface area contributed by atoms with Crippen LogP contribution in [0.15, 0.2) is 24.3 Å². The van der Waals surface area contributed by atoms with Crippen molar-refractivity contribution in [1.82, 2.24) is 15.1 Å². The molecular formula is C17H22N4O3. The summed E-state index contributed by atoms with van der Waals surface area (Å²) in [5.41, 5.74) is 1.99. The highest BCUT2D eigenvalue weighted by Crippen LogP contribution is 2.24. The van der Waals surface area contributed by atoms with E-state index in [-0.39, 0.29) is 36.0 Å². The third-order valence-corrected chi connectivity index (χ3v) is 4.40. The molecule has 0 atom stereocenters. The number of anilines is 1. The second-order valence-electron chi connectivity index (χ2n) is 7.24. The molecule has 2 N–H and O–H groups in total. The van der Waals surface area contributed by atoms with Gasteiger partial charge in [-0.3, -0.25) is 9.69 Å². The van der Waals surface area contributed by atoms with E-state index in [1.165, 1.54) is 10.5 Å². The minimum absolute atomic E-state index is 0.0433. The topological polar surface area (TPSA) is 81.8 Å². The van der Waals surface area contributed by atoms with Gasteiger partial charge in [0.25, 0.3) is 0 Å². The van der Waals surface area contributed by atoms with E-state index in [2.05, 4.69) is 31.4 Å². The molecule has 0 radical (unpaired) electrons. The summed E-state index contributed by atoms with van der Waals surface area (Å²) < 4.78 is 0. The van der Waals surface area contributed by atoms with Crippen molar-refractivity contribution in [3.63, 3.8) is 0 Å². The van der Waals surface area contributed by atoms with Crippen LogP contribution in [0.1, 0.15) is 26.3 Å². The average Bonchev–Trinajstić information content (AvgIpc) is 2.77. The van der Waals surface area contributed by atoms with Crippen molar-refractivity contribution in [3.8, 4) is 0 Å². The maximum absolute atomic E-state index is 12.2. The van der Waals surface area contributed by atoms with Crippen LogP contribution in [0.4, 0.5) is 15.3 Å². The van der Waals surface area contributed by atoms with Crippen molar-refractivity contribution < 1.29 is 14.4 Å².